The van der Waals surface area contributed by atoms with E-state index in [1.165, 1.54) is 0 Å². The summed E-state index contributed by atoms with van der Waals surface area (Å²) in [4.78, 5) is 0. The van der Waals surface area contributed by atoms with Gasteiger partial charge in [-0.25, -0.2) is 0 Å². The largest absolute Gasteiger partial charge is 0.456 e. The smallest absolute Gasteiger partial charge is 0.136 e. The normalized spacial score (nSPS) is 11.5. The fourth-order valence-electron chi connectivity index (χ4n) is 7.32. The number of nitrogens with zero attached hydrogens (tertiary/aromatic N) is 3. The molecule has 3 heterocycles. The minimum atomic E-state index is 0.444. The molecule has 0 atom stereocenters. The molecule has 0 fully saturated rings. The molecule has 49 heavy (non-hydrogen) atoms. The second kappa shape index (κ2) is 10.1. The predicted octanol–water partition coefficient (Wildman–Crippen LogP) is 11.3. The highest BCUT2D eigenvalue weighted by atomic mass is 16.3. The van der Waals surface area contributed by atoms with Crippen molar-refractivity contribution in [2.45, 2.75) is 0 Å². The van der Waals surface area contributed by atoms with Gasteiger partial charge in [0.05, 0.1) is 22.3 Å². The summed E-state index contributed by atoms with van der Waals surface area (Å²) in [6, 6.07) is 53.0. The summed E-state index contributed by atoms with van der Waals surface area (Å²) in [7, 11) is 0. The van der Waals surface area contributed by atoms with Crippen molar-refractivity contribution in [3.8, 4) is 40.1 Å². The van der Waals surface area contributed by atoms with Crippen LogP contribution >= 0.6 is 0 Å². The molecule has 0 saturated heterocycles. The summed E-state index contributed by atoms with van der Waals surface area (Å²) >= 11 is 0. The molecule has 224 valence electrons. The zero-order valence-corrected chi connectivity index (χ0v) is 25.8. The molecule has 5 nitrogen and oxygen atoms in total. The minimum absolute atomic E-state index is 0.444. The van der Waals surface area contributed by atoms with E-state index in [2.05, 4.69) is 95.6 Å². The number of furan rings is 2. The van der Waals surface area contributed by atoms with Gasteiger partial charge in [-0.2, -0.15) is 10.5 Å². The highest BCUT2D eigenvalue weighted by Gasteiger charge is 2.20. The highest BCUT2D eigenvalue weighted by molar-refractivity contribution is 6.16. The Morgan fingerprint density at radius 3 is 1.78 bits per heavy atom. The third-order valence-corrected chi connectivity index (χ3v) is 9.52. The van der Waals surface area contributed by atoms with Gasteiger partial charge >= 0.3 is 0 Å². The summed E-state index contributed by atoms with van der Waals surface area (Å²) in [6.45, 7) is 0. The average molecular weight is 624 g/mol. The van der Waals surface area contributed by atoms with Crippen LogP contribution in [0.1, 0.15) is 11.1 Å². The van der Waals surface area contributed by atoms with E-state index in [0.717, 1.165) is 93.6 Å². The Hall–Kier alpha value is -7.26. The number of rotatable bonds is 3. The van der Waals surface area contributed by atoms with Crippen molar-refractivity contribution in [1.82, 2.24) is 4.57 Å². The lowest BCUT2D eigenvalue weighted by molar-refractivity contribution is 0.664. The van der Waals surface area contributed by atoms with E-state index in [-0.39, 0.29) is 0 Å². The Morgan fingerprint density at radius 2 is 1.12 bits per heavy atom. The molecule has 0 bridgehead atoms. The first kappa shape index (κ1) is 26.9. The average Bonchev–Trinajstić information content (AvgIpc) is 3.81. The van der Waals surface area contributed by atoms with Gasteiger partial charge in [-0.05, 0) is 83.4 Å². The standard InChI is InChI=1S/C44H21N3O2/c45-24-26-7-5-8-27(19-26)28-15-17-40-34(20-28)36-22-43-37(23-42(36)48-40)35-21-29(16-18-41(35)49-43)31-12-6-9-30(25-46)44(31)47-38-13-3-1-10-32(38)33-11-2-4-14-39(33)47/h1-4,6,8-23H. The summed E-state index contributed by atoms with van der Waals surface area (Å²) in [5.41, 5.74) is 10.8. The van der Waals surface area contributed by atoms with Crippen molar-refractivity contribution in [2.24, 2.45) is 0 Å². The maximum absolute atomic E-state index is 10.4. The molecular formula is C44H21N3O2. The highest BCUT2D eigenvalue weighted by Crippen LogP contribution is 2.42. The SMILES string of the molecule is N#Cc1c#ccc(-c2ccc3oc4cc5c(cc4c3c2)oc2ccc(-c3cccc(C#N)c3-n3c4ccccc4c4ccccc43)cc25)c1. The molecule has 0 N–H and O–H groups in total. The Labute approximate surface area is 279 Å². The molecule has 0 aliphatic carbocycles. The van der Waals surface area contributed by atoms with Gasteiger partial charge in [0.25, 0.3) is 0 Å². The van der Waals surface area contributed by atoms with Crippen LogP contribution in [0.2, 0.25) is 0 Å². The molecule has 0 aliphatic heterocycles. The second-order valence-corrected chi connectivity index (χ2v) is 12.2. The fraction of sp³-hybridized carbons (Fsp3) is 0. The quantitative estimate of drug-likeness (QED) is 0.196. The second-order valence-electron chi connectivity index (χ2n) is 12.2. The maximum atomic E-state index is 10.4. The lowest BCUT2D eigenvalue weighted by atomic mass is 9.98. The van der Waals surface area contributed by atoms with Crippen LogP contribution < -0.4 is 0 Å². The number of hydrogen-bond donors (Lipinski definition) is 0. The van der Waals surface area contributed by atoms with Crippen LogP contribution in [0.4, 0.5) is 0 Å². The van der Waals surface area contributed by atoms with E-state index in [4.69, 9.17) is 8.83 Å². The van der Waals surface area contributed by atoms with Gasteiger partial charge in [-0.1, -0.05) is 72.8 Å². The van der Waals surface area contributed by atoms with Gasteiger partial charge in [0.15, 0.2) is 0 Å². The van der Waals surface area contributed by atoms with Crippen LogP contribution in [0.3, 0.4) is 0 Å². The first-order valence-electron chi connectivity index (χ1n) is 15.9. The first-order valence-corrected chi connectivity index (χ1v) is 15.9. The summed E-state index contributed by atoms with van der Waals surface area (Å²) in [5.74, 6) is 0. The van der Waals surface area contributed by atoms with Crippen molar-refractivity contribution < 1.29 is 8.83 Å². The Bertz CT molecular complexity index is 3030. The van der Waals surface area contributed by atoms with E-state index in [1.807, 2.05) is 60.7 Å². The Balaban J connectivity index is 1.17. The van der Waals surface area contributed by atoms with Gasteiger partial charge < -0.3 is 13.4 Å². The summed E-state index contributed by atoms with van der Waals surface area (Å²) < 4.78 is 15.0. The topological polar surface area (TPSA) is 78.8 Å². The van der Waals surface area contributed by atoms with Gasteiger partial charge in [0.1, 0.15) is 40.0 Å². The molecule has 0 saturated carbocycles. The molecule has 3 aromatic heterocycles. The van der Waals surface area contributed by atoms with E-state index in [0.29, 0.717) is 11.1 Å². The van der Waals surface area contributed by atoms with Crippen molar-refractivity contribution in [1.29, 1.82) is 10.5 Å². The van der Waals surface area contributed by atoms with E-state index in [1.54, 1.807) is 0 Å². The monoisotopic (exact) mass is 623 g/mol. The van der Waals surface area contributed by atoms with E-state index in [9.17, 15) is 10.5 Å². The number of nitriles is 2. The van der Waals surface area contributed by atoms with Crippen LogP contribution in [0.25, 0.3) is 93.6 Å². The fourth-order valence-corrected chi connectivity index (χ4v) is 7.32. The van der Waals surface area contributed by atoms with Crippen LogP contribution in [0.15, 0.2) is 136 Å². The van der Waals surface area contributed by atoms with Gasteiger partial charge in [-0.15, -0.1) is 0 Å². The molecule has 0 unspecified atom stereocenters. The van der Waals surface area contributed by atoms with Gasteiger partial charge in [0.2, 0.25) is 0 Å². The van der Waals surface area contributed by atoms with Crippen molar-refractivity contribution in [3.63, 3.8) is 0 Å². The van der Waals surface area contributed by atoms with E-state index >= 15 is 0 Å². The molecule has 10 rings (SSSR count). The van der Waals surface area contributed by atoms with Crippen LogP contribution in [-0.2, 0) is 0 Å². The molecule has 0 aliphatic rings. The van der Waals surface area contributed by atoms with Crippen LogP contribution in [0.5, 0.6) is 0 Å². The van der Waals surface area contributed by atoms with Crippen LogP contribution in [-0.4, -0.2) is 4.57 Å². The molecular weight excluding hydrogens is 603 g/mol. The van der Waals surface area contributed by atoms with Crippen molar-refractivity contribution >= 4 is 65.7 Å². The molecule has 10 aromatic rings. The molecule has 0 radical (unpaired) electrons. The van der Waals surface area contributed by atoms with Crippen molar-refractivity contribution in [3.05, 3.63) is 151 Å². The van der Waals surface area contributed by atoms with Gasteiger partial charge in [-0.3, -0.25) is 0 Å². The van der Waals surface area contributed by atoms with Gasteiger partial charge in [0, 0.05) is 37.9 Å². The first-order chi connectivity index (χ1) is 24.2. The minimum Gasteiger partial charge on any atom is -0.456 e. The number of fused-ring (bicyclic) bond motifs is 9. The van der Waals surface area contributed by atoms with E-state index < -0.39 is 0 Å². The summed E-state index contributed by atoms with van der Waals surface area (Å²) in [5, 5.41) is 25.8. The van der Waals surface area contributed by atoms with Crippen molar-refractivity contribution in [2.75, 3.05) is 0 Å². The lowest BCUT2D eigenvalue weighted by Crippen LogP contribution is -2.00. The molecule has 7 aromatic carbocycles. The number of aromatic nitrogens is 1. The summed E-state index contributed by atoms with van der Waals surface area (Å²) in [6.07, 6.45) is 0. The third kappa shape index (κ3) is 3.93. The predicted molar refractivity (Wildman–Crippen MR) is 193 cm³/mol. The Kier molecular flexibility index (Phi) is 5.56. The number of benzene rings is 6. The third-order valence-electron chi connectivity index (χ3n) is 9.52. The zero-order chi connectivity index (χ0) is 32.6. The lowest BCUT2D eigenvalue weighted by Gasteiger charge is -2.16. The number of para-hydroxylation sites is 3. The zero-order valence-electron chi connectivity index (χ0n) is 25.8. The molecule has 0 amide bonds. The number of hydrogen-bond acceptors (Lipinski definition) is 4. The molecule has 5 heteroatoms. The Morgan fingerprint density at radius 1 is 0.510 bits per heavy atom. The van der Waals surface area contributed by atoms with Crippen LogP contribution in [0, 0.1) is 34.8 Å². The molecule has 0 spiro atoms. The maximum Gasteiger partial charge on any atom is 0.136 e.